The zero-order valence-corrected chi connectivity index (χ0v) is 16.6. The third-order valence-corrected chi connectivity index (χ3v) is 5.29. The minimum absolute atomic E-state index is 0.299. The molecular weight excluding hydrogens is 328 g/mol. The van der Waals surface area contributed by atoms with E-state index in [0.717, 1.165) is 25.7 Å². The summed E-state index contributed by atoms with van der Waals surface area (Å²) in [4.78, 5) is 23.4. The Hall–Kier alpha value is -1.32. The summed E-state index contributed by atoms with van der Waals surface area (Å²) in [5, 5.41) is 9.23. The number of rotatable bonds is 14. The molecule has 2 unspecified atom stereocenters. The van der Waals surface area contributed by atoms with Crippen LogP contribution in [0.1, 0.15) is 96.8 Å². The van der Waals surface area contributed by atoms with Crippen LogP contribution in [0.25, 0.3) is 0 Å². The first-order valence-corrected chi connectivity index (χ1v) is 10.7. The van der Waals surface area contributed by atoms with Crippen molar-refractivity contribution in [2.45, 2.75) is 96.8 Å². The van der Waals surface area contributed by atoms with E-state index in [0.29, 0.717) is 19.4 Å². The molecule has 1 saturated carbocycles. The number of aliphatic carboxylic acids is 1. The Balaban J connectivity index is 1.97. The van der Waals surface area contributed by atoms with E-state index in [4.69, 9.17) is 4.74 Å². The number of ether oxygens (including phenoxy) is 1. The van der Waals surface area contributed by atoms with Gasteiger partial charge in [-0.15, -0.1) is 0 Å². The highest BCUT2D eigenvalue weighted by molar-refractivity contribution is 5.81. The summed E-state index contributed by atoms with van der Waals surface area (Å²) in [5.74, 6) is -2.14. The third kappa shape index (κ3) is 9.98. The maximum Gasteiger partial charge on any atom is 0.309 e. The average molecular weight is 367 g/mol. The zero-order chi connectivity index (χ0) is 19.0. The molecule has 1 rings (SSSR count). The molecule has 0 spiro atoms. The smallest absolute Gasteiger partial charge is 0.309 e. The van der Waals surface area contributed by atoms with Crippen LogP contribution in [0.3, 0.4) is 0 Å². The number of unbranched alkanes of at least 4 members (excludes halogenated alkanes) is 8. The standard InChI is InChI=1S/C22H38O4/c1-2-3-4-5-6-7-8-9-10-11-12-15-18-26-22(25)20-17-14-13-16-19(20)21(23)24/h5-6,19-20H,2-4,7-18H2,1H3,(H,23,24)/b6-5+. The minimum Gasteiger partial charge on any atom is -0.481 e. The van der Waals surface area contributed by atoms with Crippen molar-refractivity contribution >= 4 is 11.9 Å². The van der Waals surface area contributed by atoms with E-state index in [1.807, 2.05) is 0 Å². The van der Waals surface area contributed by atoms with Crippen LogP contribution in [0.4, 0.5) is 0 Å². The van der Waals surface area contributed by atoms with Crippen molar-refractivity contribution in [3.8, 4) is 0 Å². The lowest BCUT2D eigenvalue weighted by Gasteiger charge is -2.26. The molecule has 0 heterocycles. The normalized spacial score (nSPS) is 20.3. The molecule has 26 heavy (non-hydrogen) atoms. The van der Waals surface area contributed by atoms with Crippen molar-refractivity contribution < 1.29 is 19.4 Å². The highest BCUT2D eigenvalue weighted by Gasteiger charge is 2.36. The van der Waals surface area contributed by atoms with Gasteiger partial charge in [0.2, 0.25) is 0 Å². The Bertz CT molecular complexity index is 416. The Kier molecular flexibility index (Phi) is 12.9. The molecule has 150 valence electrons. The van der Waals surface area contributed by atoms with Crippen molar-refractivity contribution in [3.05, 3.63) is 12.2 Å². The largest absolute Gasteiger partial charge is 0.481 e. The first-order valence-electron chi connectivity index (χ1n) is 10.7. The number of esters is 1. The molecule has 0 radical (unpaired) electrons. The second-order valence-corrected chi connectivity index (χ2v) is 7.53. The summed E-state index contributed by atoms with van der Waals surface area (Å²) < 4.78 is 5.34. The van der Waals surface area contributed by atoms with Crippen LogP contribution in [0.2, 0.25) is 0 Å². The van der Waals surface area contributed by atoms with Crippen LogP contribution in [-0.4, -0.2) is 23.7 Å². The molecular formula is C22H38O4. The zero-order valence-electron chi connectivity index (χ0n) is 16.6. The van der Waals surface area contributed by atoms with Gasteiger partial charge in [0.1, 0.15) is 0 Å². The van der Waals surface area contributed by atoms with Crippen molar-refractivity contribution in [1.82, 2.24) is 0 Å². The van der Waals surface area contributed by atoms with Crippen LogP contribution in [-0.2, 0) is 14.3 Å². The molecule has 2 atom stereocenters. The molecule has 1 aliphatic carbocycles. The molecule has 0 bridgehead atoms. The van der Waals surface area contributed by atoms with E-state index >= 15 is 0 Å². The van der Waals surface area contributed by atoms with Crippen molar-refractivity contribution in [1.29, 1.82) is 0 Å². The first-order chi connectivity index (χ1) is 12.7. The number of carboxylic acids is 1. The van der Waals surface area contributed by atoms with Gasteiger partial charge in [-0.25, -0.2) is 0 Å². The van der Waals surface area contributed by atoms with Crippen molar-refractivity contribution in [2.75, 3.05) is 6.61 Å². The lowest BCUT2D eigenvalue weighted by atomic mass is 9.79. The van der Waals surface area contributed by atoms with Crippen molar-refractivity contribution in [2.24, 2.45) is 11.8 Å². The van der Waals surface area contributed by atoms with Gasteiger partial charge in [-0.1, -0.05) is 70.4 Å². The molecule has 1 aliphatic rings. The molecule has 0 saturated heterocycles. The van der Waals surface area contributed by atoms with Crippen LogP contribution < -0.4 is 0 Å². The molecule has 0 aromatic carbocycles. The third-order valence-electron chi connectivity index (χ3n) is 5.29. The van der Waals surface area contributed by atoms with E-state index in [1.165, 1.54) is 51.4 Å². The number of carbonyl (C=O) groups excluding carboxylic acids is 1. The van der Waals surface area contributed by atoms with E-state index in [2.05, 4.69) is 19.1 Å². The van der Waals surface area contributed by atoms with E-state index in [9.17, 15) is 14.7 Å². The fraction of sp³-hybridized carbons (Fsp3) is 0.818. The average Bonchev–Trinajstić information content (AvgIpc) is 2.65. The predicted molar refractivity (Wildman–Crippen MR) is 105 cm³/mol. The Labute approximate surface area is 159 Å². The van der Waals surface area contributed by atoms with Gasteiger partial charge in [-0.05, 0) is 38.5 Å². The molecule has 1 N–H and O–H groups in total. The van der Waals surface area contributed by atoms with Crippen molar-refractivity contribution in [3.63, 3.8) is 0 Å². The summed E-state index contributed by atoms with van der Waals surface area (Å²) in [6, 6.07) is 0. The fourth-order valence-corrected chi connectivity index (χ4v) is 3.62. The van der Waals surface area contributed by atoms with Crippen LogP contribution in [0, 0.1) is 11.8 Å². The minimum atomic E-state index is -0.855. The number of hydrogen-bond acceptors (Lipinski definition) is 3. The SMILES string of the molecule is CCCC/C=C/CCCCCCCCOC(=O)C1CCCCC1C(=O)O. The van der Waals surface area contributed by atoms with Crippen LogP contribution in [0.5, 0.6) is 0 Å². The van der Waals surface area contributed by atoms with Gasteiger partial charge in [0, 0.05) is 0 Å². The Morgan fingerprint density at radius 2 is 1.46 bits per heavy atom. The Morgan fingerprint density at radius 1 is 0.885 bits per heavy atom. The number of carboxylic acid groups (broad SMARTS) is 1. The van der Waals surface area contributed by atoms with Gasteiger partial charge in [0.25, 0.3) is 0 Å². The molecule has 4 heteroatoms. The molecule has 1 fully saturated rings. The van der Waals surface area contributed by atoms with Gasteiger partial charge in [0.15, 0.2) is 0 Å². The highest BCUT2D eigenvalue weighted by atomic mass is 16.5. The Morgan fingerprint density at radius 3 is 2.12 bits per heavy atom. The van der Waals surface area contributed by atoms with E-state index in [-0.39, 0.29) is 5.97 Å². The van der Waals surface area contributed by atoms with Gasteiger partial charge in [0.05, 0.1) is 18.4 Å². The topological polar surface area (TPSA) is 63.6 Å². The summed E-state index contributed by atoms with van der Waals surface area (Å²) >= 11 is 0. The summed E-state index contributed by atoms with van der Waals surface area (Å²) in [6.45, 7) is 2.65. The van der Waals surface area contributed by atoms with Crippen LogP contribution >= 0.6 is 0 Å². The molecule has 0 amide bonds. The highest BCUT2D eigenvalue weighted by Crippen LogP contribution is 2.31. The number of carbonyl (C=O) groups is 2. The maximum absolute atomic E-state index is 12.1. The maximum atomic E-state index is 12.1. The van der Waals surface area contributed by atoms with Crippen LogP contribution in [0.15, 0.2) is 12.2 Å². The molecule has 0 aliphatic heterocycles. The van der Waals surface area contributed by atoms with E-state index < -0.39 is 17.8 Å². The fourth-order valence-electron chi connectivity index (χ4n) is 3.62. The monoisotopic (exact) mass is 366 g/mol. The molecule has 4 nitrogen and oxygen atoms in total. The second kappa shape index (κ2) is 14.8. The van der Waals surface area contributed by atoms with Gasteiger partial charge >= 0.3 is 11.9 Å². The molecule has 0 aromatic heterocycles. The summed E-state index contributed by atoms with van der Waals surface area (Å²) in [7, 11) is 0. The first kappa shape index (κ1) is 22.7. The summed E-state index contributed by atoms with van der Waals surface area (Å²) in [5.41, 5.74) is 0. The molecule has 0 aromatic rings. The lowest BCUT2D eigenvalue weighted by molar-refractivity contribution is -0.159. The van der Waals surface area contributed by atoms with Gasteiger partial charge in [-0.2, -0.15) is 0 Å². The second-order valence-electron chi connectivity index (χ2n) is 7.53. The summed E-state index contributed by atoms with van der Waals surface area (Å²) in [6.07, 6.45) is 19.5. The predicted octanol–water partition coefficient (Wildman–Crippen LogP) is 5.90. The van der Waals surface area contributed by atoms with Gasteiger partial charge in [-0.3, -0.25) is 9.59 Å². The van der Waals surface area contributed by atoms with E-state index in [1.54, 1.807) is 0 Å². The van der Waals surface area contributed by atoms with Gasteiger partial charge < -0.3 is 9.84 Å². The quantitative estimate of drug-likeness (QED) is 0.236. The number of hydrogen-bond donors (Lipinski definition) is 1. The lowest BCUT2D eigenvalue weighted by Crippen LogP contribution is -2.33. The number of allylic oxidation sites excluding steroid dienone is 2.